The molecular formula is C19H23BrN2O2. The van der Waals surface area contributed by atoms with Gasteiger partial charge in [0.25, 0.3) is 0 Å². The van der Waals surface area contributed by atoms with Crippen LogP contribution >= 0.6 is 15.9 Å². The van der Waals surface area contributed by atoms with Crippen LogP contribution in [0.25, 0.3) is 0 Å². The molecule has 0 radical (unpaired) electrons. The molecular weight excluding hydrogens is 368 g/mol. The molecule has 0 spiro atoms. The van der Waals surface area contributed by atoms with E-state index in [1.54, 1.807) is 7.11 Å². The summed E-state index contributed by atoms with van der Waals surface area (Å²) in [5.74, 6) is 0.831. The predicted molar refractivity (Wildman–Crippen MR) is 99.9 cm³/mol. The van der Waals surface area contributed by atoms with Crippen molar-refractivity contribution in [3.8, 4) is 5.75 Å². The van der Waals surface area contributed by atoms with Crippen LogP contribution < -0.4 is 10.1 Å². The zero-order chi connectivity index (χ0) is 17.5. The molecule has 0 fully saturated rings. The first-order valence-electron chi connectivity index (χ1n) is 7.85. The summed E-state index contributed by atoms with van der Waals surface area (Å²) in [4.78, 5) is 14.4. The zero-order valence-corrected chi connectivity index (χ0v) is 15.8. The minimum atomic E-state index is -0.239. The van der Waals surface area contributed by atoms with Crippen molar-refractivity contribution in [2.75, 3.05) is 14.2 Å². The van der Waals surface area contributed by atoms with Crippen molar-refractivity contribution < 1.29 is 9.53 Å². The Hall–Kier alpha value is -1.85. The van der Waals surface area contributed by atoms with E-state index in [9.17, 15) is 4.79 Å². The van der Waals surface area contributed by atoms with Crippen molar-refractivity contribution in [1.29, 1.82) is 0 Å². The standard InChI is InChI=1S/C19H23BrN2O2/c1-14(19(23)21-12-15-7-5-4-6-8-15)22(2)13-16-11-17(20)9-10-18(16)24-3/h4-11,14H,12-13H2,1-3H3,(H,21,23)/t14-/m1/s1. The summed E-state index contributed by atoms with van der Waals surface area (Å²) in [5.41, 5.74) is 2.13. The van der Waals surface area contributed by atoms with E-state index >= 15 is 0 Å². The molecule has 1 N–H and O–H groups in total. The van der Waals surface area contributed by atoms with Crippen LogP contribution in [0.4, 0.5) is 0 Å². The molecule has 0 bridgehead atoms. The van der Waals surface area contributed by atoms with E-state index in [4.69, 9.17) is 4.74 Å². The Labute approximate surface area is 151 Å². The third kappa shape index (κ3) is 5.08. The van der Waals surface area contributed by atoms with Gasteiger partial charge in [-0.15, -0.1) is 0 Å². The van der Waals surface area contributed by atoms with Gasteiger partial charge >= 0.3 is 0 Å². The molecule has 2 aromatic carbocycles. The number of carbonyl (C=O) groups excluding carboxylic acids is 1. The van der Waals surface area contributed by atoms with E-state index in [1.807, 2.05) is 67.4 Å². The van der Waals surface area contributed by atoms with Gasteiger partial charge in [0.15, 0.2) is 0 Å². The van der Waals surface area contributed by atoms with Crippen molar-refractivity contribution in [1.82, 2.24) is 10.2 Å². The first kappa shape index (κ1) is 18.5. The summed E-state index contributed by atoms with van der Waals surface area (Å²) in [7, 11) is 3.59. The first-order chi connectivity index (χ1) is 11.5. The van der Waals surface area contributed by atoms with Gasteiger partial charge in [-0.2, -0.15) is 0 Å². The molecule has 5 heteroatoms. The van der Waals surface area contributed by atoms with Gasteiger partial charge in [0.05, 0.1) is 13.2 Å². The lowest BCUT2D eigenvalue weighted by Crippen LogP contribution is -2.42. The van der Waals surface area contributed by atoms with Crippen LogP contribution in [0.3, 0.4) is 0 Å². The van der Waals surface area contributed by atoms with Gasteiger partial charge in [0.2, 0.25) is 5.91 Å². The lowest BCUT2D eigenvalue weighted by Gasteiger charge is -2.25. The van der Waals surface area contributed by atoms with Crippen molar-refractivity contribution in [2.24, 2.45) is 0 Å². The second-order valence-corrected chi connectivity index (χ2v) is 6.67. The molecule has 0 aliphatic heterocycles. The van der Waals surface area contributed by atoms with Crippen LogP contribution in [0, 0.1) is 0 Å². The highest BCUT2D eigenvalue weighted by molar-refractivity contribution is 9.10. The molecule has 1 amide bonds. The van der Waals surface area contributed by atoms with E-state index in [1.165, 1.54) is 0 Å². The average Bonchev–Trinajstić information content (AvgIpc) is 2.60. The summed E-state index contributed by atoms with van der Waals surface area (Å²) < 4.78 is 6.39. The van der Waals surface area contributed by atoms with Crippen molar-refractivity contribution in [3.05, 3.63) is 64.1 Å². The maximum atomic E-state index is 12.4. The van der Waals surface area contributed by atoms with E-state index in [0.29, 0.717) is 13.1 Å². The SMILES string of the molecule is COc1ccc(Br)cc1CN(C)[C@H](C)C(=O)NCc1ccccc1. The van der Waals surface area contributed by atoms with Gasteiger partial charge in [0, 0.05) is 23.1 Å². The molecule has 0 aliphatic rings. The molecule has 0 unspecified atom stereocenters. The molecule has 24 heavy (non-hydrogen) atoms. The maximum Gasteiger partial charge on any atom is 0.237 e. The van der Waals surface area contributed by atoms with Gasteiger partial charge in [-0.05, 0) is 37.7 Å². The molecule has 0 heterocycles. The Morgan fingerprint density at radius 2 is 1.96 bits per heavy atom. The molecule has 0 aliphatic carbocycles. The van der Waals surface area contributed by atoms with Crippen molar-refractivity contribution in [3.63, 3.8) is 0 Å². The minimum Gasteiger partial charge on any atom is -0.496 e. The summed E-state index contributed by atoms with van der Waals surface area (Å²) >= 11 is 3.48. The number of hydrogen-bond acceptors (Lipinski definition) is 3. The maximum absolute atomic E-state index is 12.4. The molecule has 4 nitrogen and oxygen atoms in total. The number of methoxy groups -OCH3 is 1. The second-order valence-electron chi connectivity index (χ2n) is 5.75. The largest absolute Gasteiger partial charge is 0.496 e. The van der Waals surface area contributed by atoms with Crippen LogP contribution in [-0.2, 0) is 17.9 Å². The van der Waals surface area contributed by atoms with Gasteiger partial charge in [-0.1, -0.05) is 46.3 Å². The highest BCUT2D eigenvalue weighted by Crippen LogP contribution is 2.24. The predicted octanol–water partition coefficient (Wildman–Crippen LogP) is 3.59. The van der Waals surface area contributed by atoms with Crippen LogP contribution in [-0.4, -0.2) is 31.0 Å². The Morgan fingerprint density at radius 1 is 1.25 bits per heavy atom. The van der Waals surface area contributed by atoms with E-state index in [0.717, 1.165) is 21.3 Å². The zero-order valence-electron chi connectivity index (χ0n) is 14.3. The molecule has 2 rings (SSSR count). The topological polar surface area (TPSA) is 41.6 Å². The summed E-state index contributed by atoms with van der Waals surface area (Å²) in [6, 6.07) is 15.6. The Morgan fingerprint density at radius 3 is 2.62 bits per heavy atom. The normalized spacial score (nSPS) is 12.0. The molecule has 128 valence electrons. The number of benzene rings is 2. The third-order valence-corrected chi connectivity index (χ3v) is 4.51. The highest BCUT2D eigenvalue weighted by atomic mass is 79.9. The lowest BCUT2D eigenvalue weighted by atomic mass is 10.1. The van der Waals surface area contributed by atoms with E-state index in [-0.39, 0.29) is 11.9 Å². The third-order valence-electron chi connectivity index (χ3n) is 4.01. The fraction of sp³-hybridized carbons (Fsp3) is 0.316. The number of amides is 1. The first-order valence-corrected chi connectivity index (χ1v) is 8.65. The fourth-order valence-corrected chi connectivity index (χ4v) is 2.82. The van der Waals surface area contributed by atoms with Crippen LogP contribution in [0.5, 0.6) is 5.75 Å². The fourth-order valence-electron chi connectivity index (χ4n) is 2.41. The number of halogens is 1. The molecule has 0 saturated carbocycles. The van der Waals surface area contributed by atoms with Crippen LogP contribution in [0.2, 0.25) is 0 Å². The Bertz CT molecular complexity index is 676. The number of hydrogen-bond donors (Lipinski definition) is 1. The van der Waals surface area contributed by atoms with Gasteiger partial charge < -0.3 is 10.1 Å². The molecule has 2 aromatic rings. The van der Waals surface area contributed by atoms with E-state index < -0.39 is 0 Å². The lowest BCUT2D eigenvalue weighted by molar-refractivity contribution is -0.125. The minimum absolute atomic E-state index is 0.00955. The number of nitrogens with one attached hydrogen (secondary N) is 1. The van der Waals surface area contributed by atoms with Crippen LogP contribution in [0.15, 0.2) is 53.0 Å². The van der Waals surface area contributed by atoms with Crippen molar-refractivity contribution >= 4 is 21.8 Å². The number of carbonyl (C=O) groups is 1. The summed E-state index contributed by atoms with van der Waals surface area (Å²) in [6.07, 6.45) is 0. The van der Waals surface area contributed by atoms with Gasteiger partial charge in [-0.3, -0.25) is 9.69 Å². The number of ether oxygens (including phenoxy) is 1. The smallest absolute Gasteiger partial charge is 0.237 e. The monoisotopic (exact) mass is 390 g/mol. The average molecular weight is 391 g/mol. The molecule has 0 aromatic heterocycles. The van der Waals surface area contributed by atoms with Crippen molar-refractivity contribution in [2.45, 2.75) is 26.1 Å². The molecule has 1 atom stereocenters. The van der Waals surface area contributed by atoms with Crippen LogP contribution in [0.1, 0.15) is 18.1 Å². The second kappa shape index (κ2) is 8.85. The Kier molecular flexibility index (Phi) is 6.82. The quantitative estimate of drug-likeness (QED) is 0.784. The van der Waals surface area contributed by atoms with E-state index in [2.05, 4.69) is 21.2 Å². The summed E-state index contributed by atoms with van der Waals surface area (Å²) in [5, 5.41) is 2.98. The highest BCUT2D eigenvalue weighted by Gasteiger charge is 2.19. The number of likely N-dealkylation sites (N-methyl/N-ethyl adjacent to an activating group) is 1. The Balaban J connectivity index is 1.95. The number of rotatable bonds is 7. The van der Waals surface area contributed by atoms with Gasteiger partial charge in [0.1, 0.15) is 5.75 Å². The molecule has 0 saturated heterocycles. The number of nitrogens with zero attached hydrogens (tertiary/aromatic N) is 1. The van der Waals surface area contributed by atoms with Gasteiger partial charge in [-0.25, -0.2) is 0 Å². The summed E-state index contributed by atoms with van der Waals surface area (Å²) in [6.45, 7) is 3.07.